The first kappa shape index (κ1) is 17.7. The van der Waals surface area contributed by atoms with Gasteiger partial charge in [0.1, 0.15) is 5.82 Å². The highest BCUT2D eigenvalue weighted by atomic mass is 16.2. The zero-order valence-electron chi connectivity index (χ0n) is 15.2. The molecule has 3 heterocycles. The molecule has 0 aliphatic carbocycles. The van der Waals surface area contributed by atoms with Gasteiger partial charge in [-0.25, -0.2) is 4.79 Å². The van der Waals surface area contributed by atoms with Crippen molar-refractivity contribution in [1.82, 2.24) is 24.5 Å². The number of carbonyl (C=O) groups excluding carboxylic acids is 2. The van der Waals surface area contributed by atoms with Crippen molar-refractivity contribution in [3.8, 4) is 0 Å². The van der Waals surface area contributed by atoms with Gasteiger partial charge in [-0.1, -0.05) is 0 Å². The van der Waals surface area contributed by atoms with Crippen LogP contribution in [0.25, 0.3) is 0 Å². The first-order chi connectivity index (χ1) is 12.0. The van der Waals surface area contributed by atoms with E-state index in [-0.39, 0.29) is 11.9 Å². The van der Waals surface area contributed by atoms with Gasteiger partial charge >= 0.3 is 6.03 Å². The average molecular weight is 348 g/mol. The third-order valence-corrected chi connectivity index (χ3v) is 4.91. The summed E-state index contributed by atoms with van der Waals surface area (Å²) in [6, 6.07) is 2.02. The summed E-state index contributed by atoms with van der Waals surface area (Å²) in [7, 11) is 1.81. The van der Waals surface area contributed by atoms with E-state index in [1.807, 2.05) is 29.8 Å². The largest absolute Gasteiger partial charge is 0.325 e. The number of urea groups is 1. The molecule has 0 saturated carbocycles. The fraction of sp³-hybridized carbons (Fsp3) is 0.706. The monoisotopic (exact) mass is 348 g/mol. The van der Waals surface area contributed by atoms with Gasteiger partial charge in [0.25, 0.3) is 0 Å². The number of aromatic nitrogens is 2. The van der Waals surface area contributed by atoms with Crippen molar-refractivity contribution >= 4 is 17.8 Å². The molecule has 0 radical (unpaired) electrons. The maximum absolute atomic E-state index is 12.5. The zero-order valence-corrected chi connectivity index (χ0v) is 15.2. The molecule has 1 N–H and O–H groups in total. The van der Waals surface area contributed by atoms with Crippen LogP contribution in [-0.4, -0.2) is 82.2 Å². The molecule has 1 aromatic heterocycles. The Morgan fingerprint density at radius 2 is 1.68 bits per heavy atom. The van der Waals surface area contributed by atoms with E-state index in [1.165, 1.54) is 6.42 Å². The normalized spacial score (nSPS) is 19.1. The van der Waals surface area contributed by atoms with Gasteiger partial charge in [0.05, 0.1) is 12.2 Å². The molecule has 0 aromatic carbocycles. The van der Waals surface area contributed by atoms with Gasteiger partial charge in [0.2, 0.25) is 5.91 Å². The van der Waals surface area contributed by atoms with Gasteiger partial charge in [0, 0.05) is 52.4 Å². The molecule has 2 fully saturated rings. The molecule has 0 atom stereocenters. The lowest BCUT2D eigenvalue weighted by Gasteiger charge is -2.38. The van der Waals surface area contributed by atoms with Gasteiger partial charge < -0.3 is 15.1 Å². The molecule has 1 aromatic rings. The van der Waals surface area contributed by atoms with Crippen LogP contribution in [0, 0.1) is 6.92 Å². The van der Waals surface area contributed by atoms with Crippen molar-refractivity contribution in [2.75, 3.05) is 51.1 Å². The van der Waals surface area contributed by atoms with Crippen LogP contribution < -0.4 is 5.32 Å². The van der Waals surface area contributed by atoms with E-state index >= 15 is 0 Å². The summed E-state index contributed by atoms with van der Waals surface area (Å²) in [4.78, 5) is 30.7. The molecule has 0 spiro atoms. The summed E-state index contributed by atoms with van der Waals surface area (Å²) >= 11 is 0. The highest BCUT2D eigenvalue weighted by molar-refractivity contribution is 5.91. The first-order valence-electron chi connectivity index (χ1n) is 9.09. The topological polar surface area (TPSA) is 73.7 Å². The fourth-order valence-corrected chi connectivity index (χ4v) is 3.50. The second kappa shape index (κ2) is 7.86. The molecule has 3 rings (SSSR count). The van der Waals surface area contributed by atoms with Crippen molar-refractivity contribution in [3.63, 3.8) is 0 Å². The Morgan fingerprint density at radius 1 is 1.04 bits per heavy atom. The number of carbonyl (C=O) groups is 2. The number of anilines is 1. The Bertz CT molecular complexity index is 615. The Balaban J connectivity index is 1.43. The van der Waals surface area contributed by atoms with Gasteiger partial charge in [-0.2, -0.15) is 5.10 Å². The van der Waals surface area contributed by atoms with E-state index in [4.69, 9.17) is 0 Å². The minimum Gasteiger partial charge on any atom is -0.325 e. The Labute approximate surface area is 148 Å². The van der Waals surface area contributed by atoms with Crippen LogP contribution in [0.15, 0.2) is 6.07 Å². The average Bonchev–Trinajstić information content (AvgIpc) is 2.92. The fourth-order valence-electron chi connectivity index (χ4n) is 3.50. The maximum atomic E-state index is 12.5. The number of amides is 3. The minimum atomic E-state index is -0.0428. The molecule has 8 heteroatoms. The van der Waals surface area contributed by atoms with Crippen LogP contribution >= 0.6 is 0 Å². The molecule has 138 valence electrons. The highest BCUT2D eigenvalue weighted by Crippen LogP contribution is 2.13. The first-order valence-corrected chi connectivity index (χ1v) is 9.09. The van der Waals surface area contributed by atoms with Crippen LogP contribution in [0.4, 0.5) is 10.6 Å². The number of piperazine rings is 1. The summed E-state index contributed by atoms with van der Waals surface area (Å²) in [5, 5.41) is 7.12. The summed E-state index contributed by atoms with van der Waals surface area (Å²) in [6.45, 7) is 6.84. The van der Waals surface area contributed by atoms with Crippen LogP contribution in [0.3, 0.4) is 0 Å². The lowest BCUT2D eigenvalue weighted by molar-refractivity contribution is -0.117. The Morgan fingerprint density at radius 3 is 2.28 bits per heavy atom. The number of rotatable bonds is 3. The minimum absolute atomic E-state index is 0.0428. The molecule has 3 amide bonds. The van der Waals surface area contributed by atoms with E-state index in [1.54, 1.807) is 4.68 Å². The Kier molecular flexibility index (Phi) is 5.57. The molecule has 2 saturated heterocycles. The van der Waals surface area contributed by atoms with Crippen molar-refractivity contribution in [1.29, 1.82) is 0 Å². The van der Waals surface area contributed by atoms with Crippen LogP contribution in [0.2, 0.25) is 0 Å². The second-order valence-corrected chi connectivity index (χ2v) is 6.94. The van der Waals surface area contributed by atoms with Gasteiger partial charge in [-0.05, 0) is 26.2 Å². The number of likely N-dealkylation sites (tertiary alicyclic amines) is 1. The van der Waals surface area contributed by atoms with Crippen molar-refractivity contribution < 1.29 is 9.59 Å². The van der Waals surface area contributed by atoms with Gasteiger partial charge in [0.15, 0.2) is 0 Å². The summed E-state index contributed by atoms with van der Waals surface area (Å²) < 4.78 is 1.67. The van der Waals surface area contributed by atoms with Crippen molar-refractivity contribution in [3.05, 3.63) is 11.8 Å². The summed E-state index contributed by atoms with van der Waals surface area (Å²) in [5.41, 5.74) is 0.877. The van der Waals surface area contributed by atoms with E-state index < -0.39 is 0 Å². The van der Waals surface area contributed by atoms with Crippen LogP contribution in [-0.2, 0) is 11.8 Å². The number of piperidine rings is 1. The van der Waals surface area contributed by atoms with E-state index in [0.717, 1.165) is 44.7 Å². The highest BCUT2D eigenvalue weighted by Gasteiger charge is 2.26. The lowest BCUT2D eigenvalue weighted by Crippen LogP contribution is -2.54. The zero-order chi connectivity index (χ0) is 17.8. The third kappa shape index (κ3) is 4.50. The molecule has 0 unspecified atom stereocenters. The predicted octanol–water partition coefficient (Wildman–Crippen LogP) is 0.891. The Hall–Kier alpha value is -2.09. The van der Waals surface area contributed by atoms with E-state index in [2.05, 4.69) is 15.3 Å². The van der Waals surface area contributed by atoms with Crippen molar-refractivity contribution in [2.24, 2.45) is 7.05 Å². The smallest absolute Gasteiger partial charge is 0.320 e. The summed E-state index contributed by atoms with van der Waals surface area (Å²) in [6.07, 6.45) is 3.45. The molecule has 2 aliphatic rings. The SMILES string of the molecule is Cc1cc(NC(=O)CN2CCN(C(=O)N3CCCCC3)CC2)n(C)n1. The third-order valence-electron chi connectivity index (χ3n) is 4.91. The number of nitrogens with zero attached hydrogens (tertiary/aromatic N) is 5. The number of hydrogen-bond acceptors (Lipinski definition) is 4. The second-order valence-electron chi connectivity index (χ2n) is 6.94. The number of aryl methyl sites for hydroxylation is 2. The standard InChI is InChI=1S/C17H28N6O2/c1-14-12-15(20(2)19-14)18-16(24)13-21-8-10-23(11-9-21)17(25)22-6-4-3-5-7-22/h12H,3-11,13H2,1-2H3,(H,18,24). The molecule has 2 aliphatic heterocycles. The van der Waals surface area contributed by atoms with E-state index in [0.29, 0.717) is 25.5 Å². The van der Waals surface area contributed by atoms with Crippen molar-refractivity contribution in [2.45, 2.75) is 26.2 Å². The molecular formula is C17H28N6O2. The van der Waals surface area contributed by atoms with Crippen LogP contribution in [0.5, 0.6) is 0 Å². The molecular weight excluding hydrogens is 320 g/mol. The molecule has 25 heavy (non-hydrogen) atoms. The number of hydrogen-bond donors (Lipinski definition) is 1. The maximum Gasteiger partial charge on any atom is 0.320 e. The number of nitrogens with one attached hydrogen (secondary N) is 1. The molecule has 0 bridgehead atoms. The quantitative estimate of drug-likeness (QED) is 0.880. The van der Waals surface area contributed by atoms with Crippen LogP contribution in [0.1, 0.15) is 25.0 Å². The lowest BCUT2D eigenvalue weighted by atomic mass is 10.1. The van der Waals surface area contributed by atoms with Gasteiger partial charge in [-0.15, -0.1) is 0 Å². The van der Waals surface area contributed by atoms with Gasteiger partial charge in [-0.3, -0.25) is 14.4 Å². The molecule has 8 nitrogen and oxygen atoms in total. The predicted molar refractivity (Wildman–Crippen MR) is 95.4 cm³/mol. The summed E-state index contributed by atoms with van der Waals surface area (Å²) in [5.74, 6) is 0.667. The van der Waals surface area contributed by atoms with E-state index in [9.17, 15) is 9.59 Å².